The average molecular weight is 529 g/mol. The van der Waals surface area contributed by atoms with Crippen LogP contribution < -0.4 is 0 Å². The van der Waals surface area contributed by atoms with Gasteiger partial charge in [-0.05, 0) is 56.2 Å². The zero-order valence-electron chi connectivity index (χ0n) is 20.8. The number of methoxy groups -OCH3 is 1. The summed E-state index contributed by atoms with van der Waals surface area (Å²) >= 11 is 3.30. The Kier molecular flexibility index (Phi) is 8.31. The molecule has 0 radical (unpaired) electrons. The molecule has 3 rings (SSSR count). The highest BCUT2D eigenvalue weighted by molar-refractivity contribution is 9.09. The highest BCUT2D eigenvalue weighted by atomic mass is 79.9. The number of fused-ring (bicyclic) bond motifs is 1. The predicted octanol–water partition coefficient (Wildman–Crippen LogP) is 6.14. The summed E-state index contributed by atoms with van der Waals surface area (Å²) in [4.78, 5) is 28.7. The van der Waals surface area contributed by atoms with E-state index in [2.05, 4.69) is 52.3 Å². The van der Waals surface area contributed by atoms with Crippen LogP contribution in [0.25, 0.3) is 22.2 Å². The second-order valence-corrected chi connectivity index (χ2v) is 9.86. The van der Waals surface area contributed by atoms with Gasteiger partial charge < -0.3 is 14.0 Å². The molecule has 34 heavy (non-hydrogen) atoms. The number of carbonyl (C=O) groups excluding carboxylic acids is 2. The first-order valence-corrected chi connectivity index (χ1v) is 12.6. The van der Waals surface area contributed by atoms with E-state index in [4.69, 9.17) is 9.47 Å². The number of hydrogen-bond donors (Lipinski definition) is 0. The number of nitrogens with zero attached hydrogens (tertiary/aromatic N) is 2. The molecule has 6 nitrogen and oxygen atoms in total. The number of pyridine rings is 1. The van der Waals surface area contributed by atoms with E-state index < -0.39 is 0 Å². The Hall–Kier alpha value is -2.51. The fourth-order valence-corrected chi connectivity index (χ4v) is 4.69. The summed E-state index contributed by atoms with van der Waals surface area (Å²) in [6.07, 6.45) is 2.25. The van der Waals surface area contributed by atoms with E-state index >= 15 is 0 Å². The molecular formula is C27H33BrN2O4. The van der Waals surface area contributed by atoms with E-state index in [0.29, 0.717) is 18.6 Å². The third kappa shape index (κ3) is 5.41. The normalized spacial score (nSPS) is 12.7. The maximum absolute atomic E-state index is 12.5. The van der Waals surface area contributed by atoms with Crippen molar-refractivity contribution in [1.82, 2.24) is 9.55 Å². The van der Waals surface area contributed by atoms with Gasteiger partial charge in [-0.1, -0.05) is 29.8 Å². The van der Waals surface area contributed by atoms with Crippen molar-refractivity contribution >= 4 is 38.6 Å². The molecule has 0 bridgehead atoms. The molecule has 0 aliphatic carbocycles. The Balaban J connectivity index is 2.33. The van der Waals surface area contributed by atoms with Crippen molar-refractivity contribution in [3.63, 3.8) is 0 Å². The molecule has 182 valence electrons. The highest BCUT2D eigenvalue weighted by Gasteiger charge is 2.29. The fraction of sp³-hybridized carbons (Fsp3) is 0.444. The van der Waals surface area contributed by atoms with Crippen LogP contribution in [0.2, 0.25) is 0 Å². The monoisotopic (exact) mass is 528 g/mol. The van der Waals surface area contributed by atoms with Crippen LogP contribution in [0.4, 0.5) is 0 Å². The van der Waals surface area contributed by atoms with E-state index in [1.807, 2.05) is 31.2 Å². The number of Topliss-reactive ketones (excluding diaryl/α,β-unsaturated/α-hetero) is 1. The van der Waals surface area contributed by atoms with Crippen molar-refractivity contribution in [2.75, 3.05) is 19.0 Å². The summed E-state index contributed by atoms with van der Waals surface area (Å²) in [6.45, 7) is 10.8. The van der Waals surface area contributed by atoms with Crippen LogP contribution in [0.3, 0.4) is 0 Å². The van der Waals surface area contributed by atoms with E-state index in [9.17, 15) is 9.59 Å². The number of esters is 1. The molecule has 0 unspecified atom stereocenters. The second-order valence-electron chi connectivity index (χ2n) is 9.30. The Morgan fingerprint density at radius 1 is 1.24 bits per heavy atom. The van der Waals surface area contributed by atoms with Gasteiger partial charge in [-0.25, -0.2) is 0 Å². The minimum atomic E-state index is -0.321. The molecular weight excluding hydrogens is 496 g/mol. The number of benzene rings is 1. The van der Waals surface area contributed by atoms with Crippen LogP contribution in [0, 0.1) is 5.41 Å². The fourth-order valence-electron chi connectivity index (χ4n) is 4.37. The molecule has 0 aliphatic heterocycles. The van der Waals surface area contributed by atoms with Gasteiger partial charge in [0.1, 0.15) is 0 Å². The second kappa shape index (κ2) is 10.8. The lowest BCUT2D eigenvalue weighted by Crippen LogP contribution is -2.24. The van der Waals surface area contributed by atoms with Gasteiger partial charge in [0.05, 0.1) is 29.4 Å². The Labute approximate surface area is 209 Å². The maximum atomic E-state index is 12.5. The van der Waals surface area contributed by atoms with Crippen LogP contribution in [-0.4, -0.2) is 40.4 Å². The molecule has 0 N–H and O–H groups in total. The van der Waals surface area contributed by atoms with E-state index in [-0.39, 0.29) is 28.6 Å². The summed E-state index contributed by atoms with van der Waals surface area (Å²) in [6, 6.07) is 9.91. The molecule has 0 spiro atoms. The Morgan fingerprint density at radius 3 is 2.59 bits per heavy atom. The third-order valence-corrected chi connectivity index (χ3v) is 6.59. The Morgan fingerprint density at radius 2 is 1.97 bits per heavy atom. The summed E-state index contributed by atoms with van der Waals surface area (Å²) in [5.74, 6) is -0.258. The molecule has 2 aromatic heterocycles. The van der Waals surface area contributed by atoms with E-state index in [1.165, 1.54) is 6.92 Å². The topological polar surface area (TPSA) is 70.4 Å². The summed E-state index contributed by atoms with van der Waals surface area (Å²) < 4.78 is 13.3. The minimum absolute atomic E-state index is 0.0351. The molecule has 0 amide bonds. The van der Waals surface area contributed by atoms with Crippen LogP contribution in [0.5, 0.6) is 0 Å². The lowest BCUT2D eigenvalue weighted by molar-refractivity contribution is -0.143. The van der Waals surface area contributed by atoms with Crippen LogP contribution in [0.15, 0.2) is 36.5 Å². The molecule has 1 atom stereocenters. The first kappa shape index (κ1) is 26.1. The molecule has 0 saturated carbocycles. The summed E-state index contributed by atoms with van der Waals surface area (Å²) in [5.41, 5.74) is 5.43. The van der Waals surface area contributed by atoms with Crippen molar-refractivity contribution < 1.29 is 19.1 Å². The van der Waals surface area contributed by atoms with Gasteiger partial charge in [0, 0.05) is 54.2 Å². The molecule has 0 saturated heterocycles. The first-order valence-electron chi connectivity index (χ1n) is 11.5. The van der Waals surface area contributed by atoms with Gasteiger partial charge in [-0.3, -0.25) is 14.6 Å². The number of hydrogen-bond acceptors (Lipinski definition) is 5. The SMILES string of the molecule is CCn1c(-c2cccnc2[C@H](C)OC)c(CC(C)(C)COC(C)=O)c2cc(C(=O)CBr)ccc21. The number of alkyl halides is 1. The van der Waals surface area contributed by atoms with Gasteiger partial charge in [-0.2, -0.15) is 0 Å². The number of halogens is 1. The van der Waals surface area contributed by atoms with Gasteiger partial charge in [-0.15, -0.1) is 0 Å². The van der Waals surface area contributed by atoms with Crippen molar-refractivity contribution in [3.8, 4) is 11.3 Å². The van der Waals surface area contributed by atoms with Gasteiger partial charge in [0.25, 0.3) is 0 Å². The largest absolute Gasteiger partial charge is 0.465 e. The molecule has 0 fully saturated rings. The molecule has 2 heterocycles. The standard InChI is InChI=1S/C27H33BrN2O4/c1-7-30-23-11-10-19(24(32)15-28)13-21(23)22(14-27(4,5)16-34-18(3)31)26(30)20-9-8-12-29-25(20)17(2)33-6/h8-13,17H,7,14-16H2,1-6H3/t17-/m0/s1. The zero-order chi connectivity index (χ0) is 25.0. The number of ketones is 1. The number of aromatic nitrogens is 2. The van der Waals surface area contributed by atoms with Crippen molar-refractivity contribution in [1.29, 1.82) is 0 Å². The quantitative estimate of drug-likeness (QED) is 0.179. The molecule has 7 heteroatoms. The number of ether oxygens (including phenoxy) is 2. The number of rotatable bonds is 10. The number of carbonyl (C=O) groups is 2. The minimum Gasteiger partial charge on any atom is -0.465 e. The zero-order valence-corrected chi connectivity index (χ0v) is 22.4. The lowest BCUT2D eigenvalue weighted by atomic mass is 9.84. The van der Waals surface area contributed by atoms with Crippen molar-refractivity contribution in [3.05, 3.63) is 53.3 Å². The maximum Gasteiger partial charge on any atom is 0.302 e. The molecule has 1 aromatic carbocycles. The first-order chi connectivity index (χ1) is 16.1. The van der Waals surface area contributed by atoms with Crippen molar-refractivity contribution in [2.45, 2.75) is 53.7 Å². The lowest BCUT2D eigenvalue weighted by Gasteiger charge is -2.25. The smallest absolute Gasteiger partial charge is 0.302 e. The third-order valence-electron chi connectivity index (χ3n) is 6.08. The van der Waals surface area contributed by atoms with Crippen LogP contribution in [0.1, 0.15) is 62.3 Å². The van der Waals surface area contributed by atoms with Gasteiger partial charge in [0.2, 0.25) is 0 Å². The highest BCUT2D eigenvalue weighted by Crippen LogP contribution is 2.40. The average Bonchev–Trinajstić information content (AvgIpc) is 3.13. The van der Waals surface area contributed by atoms with Crippen molar-refractivity contribution in [2.24, 2.45) is 5.41 Å². The van der Waals surface area contributed by atoms with E-state index in [0.717, 1.165) is 40.0 Å². The summed E-state index contributed by atoms with van der Waals surface area (Å²) in [7, 11) is 1.68. The van der Waals surface area contributed by atoms with Gasteiger partial charge in [0.15, 0.2) is 5.78 Å². The Bertz CT molecular complexity index is 1200. The number of aryl methyl sites for hydroxylation is 1. The molecule has 0 aliphatic rings. The molecule has 3 aromatic rings. The van der Waals surface area contributed by atoms with Gasteiger partial charge >= 0.3 is 5.97 Å². The predicted molar refractivity (Wildman–Crippen MR) is 139 cm³/mol. The van der Waals surface area contributed by atoms with Crippen LogP contribution >= 0.6 is 15.9 Å². The van der Waals surface area contributed by atoms with E-state index in [1.54, 1.807) is 13.3 Å². The summed E-state index contributed by atoms with van der Waals surface area (Å²) in [5, 5.41) is 1.30. The van der Waals surface area contributed by atoms with Crippen LogP contribution in [-0.2, 0) is 27.2 Å².